The molecule has 4 heteroatoms. The normalized spacial score (nSPS) is 19.7. The first-order chi connectivity index (χ1) is 7.17. The molecule has 1 atom stereocenters. The van der Waals surface area contributed by atoms with E-state index in [1.165, 1.54) is 0 Å². The van der Waals surface area contributed by atoms with E-state index in [1.807, 2.05) is 6.92 Å². The maximum Gasteiger partial charge on any atom is 0.224 e. The van der Waals surface area contributed by atoms with E-state index in [9.17, 15) is 4.79 Å². The van der Waals surface area contributed by atoms with Crippen LogP contribution >= 0.6 is 0 Å². The highest BCUT2D eigenvalue weighted by Gasteiger charge is 2.42. The number of carbonyl (C=O) groups is 1. The Bertz CT molecular complexity index is 211. The van der Waals surface area contributed by atoms with Crippen molar-refractivity contribution < 1.29 is 9.90 Å². The smallest absolute Gasteiger partial charge is 0.224 e. The minimum Gasteiger partial charge on any atom is -0.396 e. The Labute approximate surface area is 91.2 Å². The first-order valence-corrected chi connectivity index (χ1v) is 5.76. The summed E-state index contributed by atoms with van der Waals surface area (Å²) in [5.74, 6) is -0.000795. The van der Waals surface area contributed by atoms with Crippen LogP contribution in [0.1, 0.15) is 32.6 Å². The zero-order valence-corrected chi connectivity index (χ0v) is 9.46. The molecule has 1 fully saturated rings. The molecule has 0 aromatic rings. The van der Waals surface area contributed by atoms with Crippen LogP contribution in [0.2, 0.25) is 0 Å². The molecular formula is C11H22N2O2. The molecule has 1 rings (SSSR count). The summed E-state index contributed by atoms with van der Waals surface area (Å²) in [6, 6.07) is 0. The zero-order valence-electron chi connectivity index (χ0n) is 9.46. The maximum atomic E-state index is 11.6. The molecule has 0 aromatic carbocycles. The third-order valence-electron chi connectivity index (χ3n) is 3.38. The van der Waals surface area contributed by atoms with Gasteiger partial charge in [0.25, 0.3) is 0 Å². The number of nitrogens with one attached hydrogen (secondary N) is 1. The van der Waals surface area contributed by atoms with Gasteiger partial charge >= 0.3 is 0 Å². The Morgan fingerprint density at radius 1 is 1.60 bits per heavy atom. The Morgan fingerprint density at radius 2 is 2.27 bits per heavy atom. The molecule has 4 N–H and O–H groups in total. The quantitative estimate of drug-likeness (QED) is 0.568. The molecule has 1 saturated carbocycles. The zero-order chi connectivity index (χ0) is 11.3. The van der Waals surface area contributed by atoms with Crippen molar-refractivity contribution in [3.63, 3.8) is 0 Å². The summed E-state index contributed by atoms with van der Waals surface area (Å²) in [5.41, 5.74) is 5.69. The molecule has 1 unspecified atom stereocenters. The van der Waals surface area contributed by atoms with Crippen molar-refractivity contribution in [1.29, 1.82) is 0 Å². The minimum atomic E-state index is -0.0603. The lowest BCUT2D eigenvalue weighted by Gasteiger charge is -2.17. The van der Waals surface area contributed by atoms with E-state index in [1.54, 1.807) is 0 Å². The second-order valence-electron chi connectivity index (χ2n) is 4.53. The summed E-state index contributed by atoms with van der Waals surface area (Å²) in [4.78, 5) is 11.6. The van der Waals surface area contributed by atoms with Crippen LogP contribution in [-0.4, -0.2) is 30.7 Å². The van der Waals surface area contributed by atoms with Gasteiger partial charge in [-0.3, -0.25) is 4.79 Å². The van der Waals surface area contributed by atoms with Gasteiger partial charge in [0, 0.05) is 25.6 Å². The van der Waals surface area contributed by atoms with E-state index in [4.69, 9.17) is 10.8 Å². The molecule has 0 radical (unpaired) electrons. The number of amides is 1. The average Bonchev–Trinajstić information content (AvgIpc) is 2.98. The maximum absolute atomic E-state index is 11.6. The van der Waals surface area contributed by atoms with Crippen molar-refractivity contribution in [2.24, 2.45) is 17.1 Å². The monoisotopic (exact) mass is 214 g/mol. The number of nitrogens with two attached hydrogens (primary N) is 1. The van der Waals surface area contributed by atoms with E-state index in [2.05, 4.69) is 5.32 Å². The van der Waals surface area contributed by atoms with Crippen molar-refractivity contribution in [3.8, 4) is 0 Å². The Morgan fingerprint density at radius 3 is 2.67 bits per heavy atom. The first-order valence-electron chi connectivity index (χ1n) is 5.76. The third kappa shape index (κ3) is 3.47. The predicted octanol–water partition coefficient (Wildman–Crippen LogP) is 0.250. The lowest BCUT2D eigenvalue weighted by Crippen LogP contribution is -2.38. The average molecular weight is 214 g/mol. The van der Waals surface area contributed by atoms with Crippen LogP contribution in [0.5, 0.6) is 0 Å². The molecule has 1 amide bonds. The lowest BCUT2D eigenvalue weighted by atomic mass is 10.0. The van der Waals surface area contributed by atoms with Crippen molar-refractivity contribution in [1.82, 2.24) is 5.32 Å². The van der Waals surface area contributed by atoms with Gasteiger partial charge in [-0.15, -0.1) is 0 Å². The van der Waals surface area contributed by atoms with Gasteiger partial charge in [-0.05, 0) is 31.1 Å². The second-order valence-corrected chi connectivity index (χ2v) is 4.53. The van der Waals surface area contributed by atoms with Gasteiger partial charge < -0.3 is 16.2 Å². The lowest BCUT2D eigenvalue weighted by molar-refractivity contribution is -0.125. The number of aliphatic hydroxyl groups excluding tert-OH is 1. The summed E-state index contributed by atoms with van der Waals surface area (Å²) in [6.45, 7) is 3.29. The molecule has 0 heterocycles. The number of aliphatic hydroxyl groups is 1. The van der Waals surface area contributed by atoms with Crippen LogP contribution in [0.3, 0.4) is 0 Å². The first kappa shape index (κ1) is 12.5. The second kappa shape index (κ2) is 5.47. The van der Waals surface area contributed by atoms with Gasteiger partial charge in [0.05, 0.1) is 0 Å². The highest BCUT2D eigenvalue weighted by Crippen LogP contribution is 2.47. The van der Waals surface area contributed by atoms with E-state index in [0.717, 1.165) is 25.7 Å². The Hall–Kier alpha value is -0.610. The molecule has 88 valence electrons. The summed E-state index contributed by atoms with van der Waals surface area (Å²) >= 11 is 0. The minimum absolute atomic E-state index is 0.0595. The number of hydrogen-bond acceptors (Lipinski definition) is 3. The number of hydrogen-bond donors (Lipinski definition) is 3. The van der Waals surface area contributed by atoms with E-state index in [-0.39, 0.29) is 23.8 Å². The fourth-order valence-corrected chi connectivity index (χ4v) is 1.81. The molecule has 1 aliphatic rings. The molecule has 0 spiro atoms. The summed E-state index contributed by atoms with van der Waals surface area (Å²) in [5, 5.41) is 11.8. The molecule has 4 nitrogen and oxygen atoms in total. The standard InChI is InChI=1S/C11H22N2O2/c1-2-9(7-12)10(15)13-8-11(3-4-11)5-6-14/h9,14H,2-8,12H2,1H3,(H,13,15). The Kier molecular flexibility index (Phi) is 4.54. The van der Waals surface area contributed by atoms with E-state index >= 15 is 0 Å². The van der Waals surface area contributed by atoms with Crippen molar-refractivity contribution in [2.75, 3.05) is 19.7 Å². The van der Waals surface area contributed by atoms with Crippen LogP contribution in [0.25, 0.3) is 0 Å². The van der Waals surface area contributed by atoms with Crippen molar-refractivity contribution in [2.45, 2.75) is 32.6 Å². The van der Waals surface area contributed by atoms with Crippen molar-refractivity contribution >= 4 is 5.91 Å². The Balaban J connectivity index is 2.27. The highest BCUT2D eigenvalue weighted by molar-refractivity contribution is 5.78. The van der Waals surface area contributed by atoms with Gasteiger partial charge in [0.1, 0.15) is 0 Å². The van der Waals surface area contributed by atoms with E-state index < -0.39 is 0 Å². The number of carbonyl (C=O) groups excluding carboxylic acids is 1. The predicted molar refractivity (Wildman–Crippen MR) is 59.2 cm³/mol. The number of rotatable bonds is 7. The van der Waals surface area contributed by atoms with Gasteiger partial charge in [0.15, 0.2) is 0 Å². The van der Waals surface area contributed by atoms with Gasteiger partial charge in [-0.2, -0.15) is 0 Å². The molecule has 15 heavy (non-hydrogen) atoms. The third-order valence-corrected chi connectivity index (χ3v) is 3.38. The molecule has 0 bridgehead atoms. The topological polar surface area (TPSA) is 75.4 Å². The fraction of sp³-hybridized carbons (Fsp3) is 0.909. The summed E-state index contributed by atoms with van der Waals surface area (Å²) < 4.78 is 0. The summed E-state index contributed by atoms with van der Waals surface area (Å²) in [7, 11) is 0. The highest BCUT2D eigenvalue weighted by atomic mass is 16.3. The van der Waals surface area contributed by atoms with Gasteiger partial charge in [0.2, 0.25) is 5.91 Å². The van der Waals surface area contributed by atoms with Crippen LogP contribution in [0, 0.1) is 11.3 Å². The van der Waals surface area contributed by atoms with Crippen LogP contribution in [-0.2, 0) is 4.79 Å². The summed E-state index contributed by atoms with van der Waals surface area (Å²) in [6.07, 6.45) is 3.82. The molecule has 1 aliphatic carbocycles. The van der Waals surface area contributed by atoms with Crippen LogP contribution in [0.15, 0.2) is 0 Å². The van der Waals surface area contributed by atoms with Gasteiger partial charge in [-0.25, -0.2) is 0 Å². The largest absolute Gasteiger partial charge is 0.396 e. The molecular weight excluding hydrogens is 192 g/mol. The SMILES string of the molecule is CCC(CN)C(=O)NCC1(CCO)CC1. The van der Waals surface area contributed by atoms with Crippen LogP contribution < -0.4 is 11.1 Å². The fourth-order valence-electron chi connectivity index (χ4n) is 1.81. The molecule has 0 saturated heterocycles. The molecule has 0 aromatic heterocycles. The molecule has 0 aliphatic heterocycles. The van der Waals surface area contributed by atoms with Crippen LogP contribution in [0.4, 0.5) is 0 Å². The van der Waals surface area contributed by atoms with E-state index in [0.29, 0.717) is 13.1 Å². The van der Waals surface area contributed by atoms with Gasteiger partial charge in [-0.1, -0.05) is 6.92 Å². The van der Waals surface area contributed by atoms with Crippen molar-refractivity contribution in [3.05, 3.63) is 0 Å².